The van der Waals surface area contributed by atoms with Crippen molar-refractivity contribution < 1.29 is 9.53 Å². The Morgan fingerprint density at radius 1 is 1.33 bits per heavy atom. The molecule has 0 aliphatic heterocycles. The summed E-state index contributed by atoms with van der Waals surface area (Å²) in [5.41, 5.74) is 0.529. The number of amides is 2. The highest BCUT2D eigenvalue weighted by atomic mass is 35.5. The van der Waals surface area contributed by atoms with Gasteiger partial charge in [0.25, 0.3) is 0 Å². The lowest BCUT2D eigenvalue weighted by Crippen LogP contribution is -2.30. The van der Waals surface area contributed by atoms with Gasteiger partial charge < -0.3 is 15.4 Å². The minimum atomic E-state index is -0.379. The molecule has 0 radical (unpaired) electrons. The molecule has 0 saturated carbocycles. The number of urea groups is 1. The third-order valence-electron chi connectivity index (χ3n) is 1.50. The lowest BCUT2D eigenvalue weighted by molar-refractivity contribution is 0.177. The van der Waals surface area contributed by atoms with E-state index in [1.54, 1.807) is 18.2 Å². The Morgan fingerprint density at radius 3 is 2.47 bits per heavy atom. The van der Waals surface area contributed by atoms with Crippen LogP contribution in [0.3, 0.4) is 0 Å². The van der Waals surface area contributed by atoms with E-state index in [0.29, 0.717) is 15.7 Å². The van der Waals surface area contributed by atoms with Crippen molar-refractivity contribution in [3.05, 3.63) is 28.2 Å². The normalized spacial score (nSPS) is 9.80. The second-order valence-corrected chi connectivity index (χ2v) is 3.59. The fraction of sp³-hybridized carbons (Fsp3) is 0.222. The summed E-state index contributed by atoms with van der Waals surface area (Å²) >= 11 is 11.5. The van der Waals surface area contributed by atoms with Crippen LogP contribution in [0.4, 0.5) is 10.5 Å². The number of benzene rings is 1. The molecule has 0 spiro atoms. The zero-order valence-electron chi connectivity index (χ0n) is 8.01. The fourth-order valence-corrected chi connectivity index (χ4v) is 1.47. The highest BCUT2D eigenvalue weighted by Crippen LogP contribution is 2.22. The van der Waals surface area contributed by atoms with Gasteiger partial charge in [-0.3, -0.25) is 0 Å². The molecule has 0 heterocycles. The van der Waals surface area contributed by atoms with E-state index in [1.165, 1.54) is 7.11 Å². The largest absolute Gasteiger partial charge is 0.364 e. The summed E-state index contributed by atoms with van der Waals surface area (Å²) in [5, 5.41) is 5.95. The number of methoxy groups -OCH3 is 1. The number of carbonyl (C=O) groups is 1. The van der Waals surface area contributed by atoms with Gasteiger partial charge in [0.15, 0.2) is 0 Å². The van der Waals surface area contributed by atoms with E-state index in [9.17, 15) is 4.79 Å². The SMILES string of the molecule is COCNC(=O)Nc1cc(Cl)cc(Cl)c1. The molecule has 15 heavy (non-hydrogen) atoms. The first-order valence-corrected chi connectivity index (χ1v) is 4.87. The Bertz CT molecular complexity index is 338. The molecule has 0 atom stereocenters. The van der Waals surface area contributed by atoms with E-state index in [4.69, 9.17) is 23.2 Å². The number of halogens is 2. The molecule has 0 aliphatic carbocycles. The van der Waals surface area contributed by atoms with E-state index in [2.05, 4.69) is 15.4 Å². The summed E-state index contributed by atoms with van der Waals surface area (Å²) in [6, 6.07) is 4.40. The Labute approximate surface area is 97.5 Å². The predicted octanol–water partition coefficient (Wildman–Crippen LogP) is 2.72. The molecule has 82 valence electrons. The van der Waals surface area contributed by atoms with Gasteiger partial charge in [0.1, 0.15) is 6.73 Å². The van der Waals surface area contributed by atoms with Gasteiger partial charge >= 0.3 is 6.03 Å². The van der Waals surface area contributed by atoms with Crippen LogP contribution in [0.5, 0.6) is 0 Å². The zero-order valence-corrected chi connectivity index (χ0v) is 9.52. The van der Waals surface area contributed by atoms with Crippen LogP contribution in [0.2, 0.25) is 10.0 Å². The molecule has 1 aromatic rings. The number of nitrogens with one attached hydrogen (secondary N) is 2. The van der Waals surface area contributed by atoms with Crippen molar-refractivity contribution >= 4 is 34.9 Å². The first kappa shape index (κ1) is 12.1. The van der Waals surface area contributed by atoms with Gasteiger partial charge in [-0.2, -0.15) is 0 Å². The Hall–Kier alpha value is -0.970. The molecular formula is C9H10Cl2N2O2. The second kappa shape index (κ2) is 5.80. The van der Waals surface area contributed by atoms with Crippen molar-refractivity contribution in [1.82, 2.24) is 5.32 Å². The summed E-state index contributed by atoms with van der Waals surface area (Å²) in [6.45, 7) is 0.139. The molecule has 4 nitrogen and oxygen atoms in total. The van der Waals surface area contributed by atoms with Crippen LogP contribution in [0.1, 0.15) is 0 Å². The molecule has 1 rings (SSSR count). The number of rotatable bonds is 3. The van der Waals surface area contributed by atoms with Gasteiger partial charge in [-0.25, -0.2) is 4.79 Å². The van der Waals surface area contributed by atoms with Crippen molar-refractivity contribution in [2.75, 3.05) is 19.2 Å². The topological polar surface area (TPSA) is 50.4 Å². The highest BCUT2D eigenvalue weighted by Gasteiger charge is 2.02. The summed E-state index contributed by atoms with van der Waals surface area (Å²) in [6.07, 6.45) is 0. The van der Waals surface area contributed by atoms with E-state index in [-0.39, 0.29) is 12.8 Å². The number of hydrogen-bond donors (Lipinski definition) is 2. The van der Waals surface area contributed by atoms with Crippen LogP contribution in [0, 0.1) is 0 Å². The molecule has 0 saturated heterocycles. The van der Waals surface area contributed by atoms with Crippen LogP contribution >= 0.6 is 23.2 Å². The van der Waals surface area contributed by atoms with Crippen molar-refractivity contribution in [3.63, 3.8) is 0 Å². The van der Waals surface area contributed by atoms with Crippen LogP contribution in [0.25, 0.3) is 0 Å². The van der Waals surface area contributed by atoms with E-state index < -0.39 is 0 Å². The molecule has 2 amide bonds. The Kier molecular flexibility index (Phi) is 4.68. The molecular weight excluding hydrogens is 239 g/mol. The van der Waals surface area contributed by atoms with Gasteiger partial charge in [-0.05, 0) is 18.2 Å². The van der Waals surface area contributed by atoms with Gasteiger partial charge in [-0.1, -0.05) is 23.2 Å². The van der Waals surface area contributed by atoms with Gasteiger partial charge in [0.2, 0.25) is 0 Å². The molecule has 0 unspecified atom stereocenters. The third-order valence-corrected chi connectivity index (χ3v) is 1.93. The summed E-state index contributed by atoms with van der Waals surface area (Å²) in [4.78, 5) is 11.2. The number of anilines is 1. The van der Waals surface area contributed by atoms with Crippen LogP contribution in [-0.2, 0) is 4.74 Å². The predicted molar refractivity (Wildman–Crippen MR) is 60.5 cm³/mol. The van der Waals surface area contributed by atoms with Crippen LogP contribution in [0.15, 0.2) is 18.2 Å². The lowest BCUT2D eigenvalue weighted by Gasteiger charge is -2.07. The maximum absolute atomic E-state index is 11.2. The summed E-state index contributed by atoms with van der Waals surface area (Å²) < 4.78 is 4.67. The maximum Gasteiger partial charge on any atom is 0.321 e. The molecule has 0 aliphatic rings. The van der Waals surface area contributed by atoms with Crippen LogP contribution < -0.4 is 10.6 Å². The highest BCUT2D eigenvalue weighted by molar-refractivity contribution is 6.35. The average molecular weight is 249 g/mol. The fourth-order valence-electron chi connectivity index (χ4n) is 0.939. The molecule has 0 fully saturated rings. The molecule has 0 bridgehead atoms. The Balaban J connectivity index is 2.60. The first-order valence-electron chi connectivity index (χ1n) is 4.11. The minimum Gasteiger partial charge on any atom is -0.364 e. The minimum absolute atomic E-state index is 0.139. The number of carbonyl (C=O) groups excluding carboxylic acids is 1. The second-order valence-electron chi connectivity index (χ2n) is 2.72. The monoisotopic (exact) mass is 248 g/mol. The van der Waals surface area contributed by atoms with Gasteiger partial charge in [-0.15, -0.1) is 0 Å². The number of hydrogen-bond acceptors (Lipinski definition) is 2. The standard InChI is InChI=1S/C9H10Cl2N2O2/c1-15-5-12-9(14)13-8-3-6(10)2-7(11)4-8/h2-4H,5H2,1H3,(H2,12,13,14). The van der Waals surface area contributed by atoms with Crippen molar-refractivity contribution in [2.45, 2.75) is 0 Å². The first-order chi connectivity index (χ1) is 7.11. The third kappa shape index (κ3) is 4.38. The molecule has 2 N–H and O–H groups in total. The molecule has 6 heteroatoms. The van der Waals surface area contributed by atoms with Crippen molar-refractivity contribution in [1.29, 1.82) is 0 Å². The van der Waals surface area contributed by atoms with E-state index >= 15 is 0 Å². The summed E-state index contributed by atoms with van der Waals surface area (Å²) in [7, 11) is 1.48. The Morgan fingerprint density at radius 2 is 1.93 bits per heavy atom. The zero-order chi connectivity index (χ0) is 11.3. The van der Waals surface area contributed by atoms with Crippen molar-refractivity contribution in [2.24, 2.45) is 0 Å². The maximum atomic E-state index is 11.2. The smallest absolute Gasteiger partial charge is 0.321 e. The molecule has 0 aromatic heterocycles. The average Bonchev–Trinajstić information content (AvgIpc) is 2.13. The summed E-state index contributed by atoms with van der Waals surface area (Å²) in [5.74, 6) is 0. The quantitative estimate of drug-likeness (QED) is 0.809. The molecule has 1 aromatic carbocycles. The number of ether oxygens (including phenoxy) is 1. The van der Waals surface area contributed by atoms with E-state index in [1.807, 2.05) is 0 Å². The van der Waals surface area contributed by atoms with Gasteiger partial charge in [0, 0.05) is 22.8 Å². The lowest BCUT2D eigenvalue weighted by atomic mass is 10.3. The van der Waals surface area contributed by atoms with Crippen molar-refractivity contribution in [3.8, 4) is 0 Å². The van der Waals surface area contributed by atoms with E-state index in [0.717, 1.165) is 0 Å². The van der Waals surface area contributed by atoms with Gasteiger partial charge in [0.05, 0.1) is 0 Å². The van der Waals surface area contributed by atoms with Crippen LogP contribution in [-0.4, -0.2) is 19.9 Å².